The lowest BCUT2D eigenvalue weighted by molar-refractivity contribution is 0.0472. The van der Waals surface area contributed by atoms with E-state index in [0.29, 0.717) is 6.42 Å². The molecule has 3 heteroatoms. The summed E-state index contributed by atoms with van der Waals surface area (Å²) in [5.74, 6) is 5.81. The number of methoxy groups -OCH3 is 1. The molecule has 2 aromatic rings. The van der Waals surface area contributed by atoms with E-state index in [1.807, 2.05) is 43.3 Å². The van der Waals surface area contributed by atoms with Crippen LogP contribution in [0.3, 0.4) is 0 Å². The third-order valence-corrected chi connectivity index (χ3v) is 3.87. The molecule has 0 spiro atoms. The number of ether oxygens (including phenoxy) is 2. The normalized spacial score (nSPS) is 12.9. The molecule has 0 bridgehead atoms. The molecule has 0 saturated heterocycles. The van der Waals surface area contributed by atoms with Crippen LogP contribution in [0.5, 0.6) is 0 Å². The summed E-state index contributed by atoms with van der Waals surface area (Å²) in [6, 6.07) is 14.2. The molecule has 3 nitrogen and oxygen atoms in total. The summed E-state index contributed by atoms with van der Waals surface area (Å²) in [6.07, 6.45) is 4.63. The van der Waals surface area contributed by atoms with Crippen molar-refractivity contribution in [3.63, 3.8) is 0 Å². The first-order valence-electron chi connectivity index (χ1n) is 8.16. The lowest BCUT2D eigenvalue weighted by atomic mass is 9.87. The molecule has 0 aromatic heterocycles. The summed E-state index contributed by atoms with van der Waals surface area (Å²) in [6.45, 7) is 5.74. The van der Waals surface area contributed by atoms with Crippen molar-refractivity contribution in [1.29, 1.82) is 0 Å². The maximum absolute atomic E-state index is 11.7. The predicted molar refractivity (Wildman–Crippen MR) is 101 cm³/mol. The van der Waals surface area contributed by atoms with Crippen LogP contribution in [0, 0.1) is 11.8 Å². The molecule has 0 saturated carbocycles. The monoisotopic (exact) mass is 334 g/mol. The Balaban J connectivity index is 2.52. The summed E-state index contributed by atoms with van der Waals surface area (Å²) in [5, 5.41) is 2.25. The molecule has 0 heterocycles. The third-order valence-electron chi connectivity index (χ3n) is 3.87. The van der Waals surface area contributed by atoms with E-state index in [1.165, 1.54) is 7.11 Å². The highest BCUT2D eigenvalue weighted by molar-refractivity contribution is 5.86. The smallest absolute Gasteiger partial charge is 0.438 e. The lowest BCUT2D eigenvalue weighted by Gasteiger charge is -2.23. The molecule has 0 radical (unpaired) electrons. The minimum absolute atomic E-state index is 0.138. The van der Waals surface area contributed by atoms with E-state index < -0.39 is 12.3 Å². The van der Waals surface area contributed by atoms with Gasteiger partial charge in [0.15, 0.2) is 6.10 Å². The third kappa shape index (κ3) is 4.74. The van der Waals surface area contributed by atoms with Gasteiger partial charge in [-0.15, -0.1) is 6.58 Å². The largest absolute Gasteiger partial charge is 0.509 e. The second-order valence-corrected chi connectivity index (χ2v) is 5.48. The Labute approximate surface area is 149 Å². The summed E-state index contributed by atoms with van der Waals surface area (Å²) in [4.78, 5) is 11.7. The van der Waals surface area contributed by atoms with Gasteiger partial charge in [-0.05, 0) is 35.8 Å². The number of carbonyl (C=O) groups is 1. The Bertz CT molecular complexity index is 819. The van der Waals surface area contributed by atoms with Crippen LogP contribution in [-0.2, 0) is 9.47 Å². The van der Waals surface area contributed by atoms with Gasteiger partial charge in [-0.1, -0.05) is 66.5 Å². The zero-order valence-electron chi connectivity index (χ0n) is 14.6. The molecule has 0 aliphatic rings. The summed E-state index contributed by atoms with van der Waals surface area (Å²) in [7, 11) is 1.29. The minimum atomic E-state index is -0.742. The number of hydrogen-bond donors (Lipinski definition) is 0. The predicted octanol–water partition coefficient (Wildman–Crippen LogP) is 5.23. The Kier molecular flexibility index (Phi) is 6.86. The maximum atomic E-state index is 11.7. The van der Waals surface area contributed by atoms with Gasteiger partial charge in [-0.2, -0.15) is 0 Å². The highest BCUT2D eigenvalue weighted by atomic mass is 16.7. The first-order chi connectivity index (χ1) is 12.2. The lowest BCUT2D eigenvalue weighted by Crippen LogP contribution is -2.24. The van der Waals surface area contributed by atoms with Crippen LogP contribution in [0.25, 0.3) is 10.8 Å². The van der Waals surface area contributed by atoms with Crippen molar-refractivity contribution in [1.82, 2.24) is 0 Å². The number of hydrogen-bond acceptors (Lipinski definition) is 3. The van der Waals surface area contributed by atoms with Gasteiger partial charge < -0.3 is 9.47 Å². The van der Waals surface area contributed by atoms with Crippen LogP contribution in [0.4, 0.5) is 4.79 Å². The van der Waals surface area contributed by atoms with Gasteiger partial charge in [0.25, 0.3) is 0 Å². The van der Waals surface area contributed by atoms with Crippen molar-refractivity contribution in [2.45, 2.75) is 25.4 Å². The molecule has 2 aromatic carbocycles. The van der Waals surface area contributed by atoms with Crippen molar-refractivity contribution < 1.29 is 14.3 Å². The average Bonchev–Trinajstić information content (AvgIpc) is 2.65. The van der Waals surface area contributed by atoms with Crippen molar-refractivity contribution in [3.8, 4) is 11.8 Å². The van der Waals surface area contributed by atoms with Crippen molar-refractivity contribution in [2.24, 2.45) is 0 Å². The van der Waals surface area contributed by atoms with E-state index in [9.17, 15) is 4.79 Å². The number of rotatable bonds is 5. The van der Waals surface area contributed by atoms with E-state index in [4.69, 9.17) is 4.74 Å². The van der Waals surface area contributed by atoms with Gasteiger partial charge >= 0.3 is 6.16 Å². The average molecular weight is 334 g/mol. The quantitative estimate of drug-likeness (QED) is 0.427. The highest BCUT2D eigenvalue weighted by Crippen LogP contribution is 2.32. The molecule has 2 rings (SSSR count). The van der Waals surface area contributed by atoms with Crippen molar-refractivity contribution in [3.05, 3.63) is 72.8 Å². The van der Waals surface area contributed by atoms with Crippen molar-refractivity contribution in [2.75, 3.05) is 7.11 Å². The van der Waals surface area contributed by atoms with Crippen molar-refractivity contribution >= 4 is 16.9 Å². The molecule has 0 N–H and O–H groups in total. The second-order valence-electron chi connectivity index (χ2n) is 5.48. The van der Waals surface area contributed by atoms with Crippen LogP contribution in [0.1, 0.15) is 24.8 Å². The fraction of sp³-hybridized carbons (Fsp3) is 0.227. The summed E-state index contributed by atoms with van der Waals surface area (Å²) >= 11 is 0. The van der Waals surface area contributed by atoms with Crippen LogP contribution < -0.4 is 0 Å². The SMILES string of the molecule is C=CCC(c1cccc2ccccc12)C(C#C/C=C/C)OC(=O)OC. The maximum Gasteiger partial charge on any atom is 0.509 e. The Morgan fingerprint density at radius 2 is 2.00 bits per heavy atom. The van der Waals surface area contributed by atoms with E-state index in [-0.39, 0.29) is 5.92 Å². The fourth-order valence-electron chi connectivity index (χ4n) is 2.74. The molecule has 0 amide bonds. The van der Waals surface area contributed by atoms with Crippen LogP contribution >= 0.6 is 0 Å². The Morgan fingerprint density at radius 1 is 1.24 bits per heavy atom. The summed E-state index contributed by atoms with van der Waals surface area (Å²) < 4.78 is 10.1. The molecule has 0 aliphatic heterocycles. The first-order valence-corrected chi connectivity index (χ1v) is 8.16. The van der Waals surface area contributed by atoms with Gasteiger partial charge in [0.2, 0.25) is 0 Å². The van der Waals surface area contributed by atoms with Gasteiger partial charge in [-0.3, -0.25) is 0 Å². The molecule has 128 valence electrons. The molecule has 2 unspecified atom stereocenters. The fourth-order valence-corrected chi connectivity index (χ4v) is 2.74. The number of allylic oxidation sites excluding steroid dienone is 3. The highest BCUT2D eigenvalue weighted by Gasteiger charge is 2.26. The zero-order chi connectivity index (χ0) is 18.1. The molecule has 2 atom stereocenters. The number of carbonyl (C=O) groups excluding carboxylic acids is 1. The molecule has 25 heavy (non-hydrogen) atoms. The number of benzene rings is 2. The van der Waals surface area contributed by atoms with Crippen LogP contribution in [-0.4, -0.2) is 19.4 Å². The minimum Gasteiger partial charge on any atom is -0.438 e. The first kappa shape index (κ1) is 18.4. The topological polar surface area (TPSA) is 35.5 Å². The van der Waals surface area contributed by atoms with Crippen LogP contribution in [0.2, 0.25) is 0 Å². The molecular weight excluding hydrogens is 312 g/mol. The second kappa shape index (κ2) is 9.34. The van der Waals surface area contributed by atoms with Gasteiger partial charge in [0.1, 0.15) is 0 Å². The molecule has 0 aliphatic carbocycles. The zero-order valence-corrected chi connectivity index (χ0v) is 14.6. The number of fused-ring (bicyclic) bond motifs is 1. The standard InChI is InChI=1S/C22H22O3/c1-4-6-7-16-21(25-22(23)24-3)20(11-5-2)19-15-10-13-17-12-8-9-14-18(17)19/h4-6,8-10,12-15,20-21H,2,11H2,1,3H3/b6-4+. The van der Waals surface area contributed by atoms with E-state index in [0.717, 1.165) is 16.3 Å². The summed E-state index contributed by atoms with van der Waals surface area (Å²) in [5.41, 5.74) is 1.07. The molecular formula is C22H22O3. The van der Waals surface area contributed by atoms with E-state index in [1.54, 1.807) is 6.08 Å². The molecule has 0 fully saturated rings. The van der Waals surface area contributed by atoms with E-state index >= 15 is 0 Å². The van der Waals surface area contributed by atoms with Crippen LogP contribution in [0.15, 0.2) is 67.3 Å². The Hall–Kier alpha value is -2.99. The Morgan fingerprint density at radius 3 is 2.72 bits per heavy atom. The van der Waals surface area contributed by atoms with E-state index in [2.05, 4.69) is 41.4 Å². The van der Waals surface area contributed by atoms with Gasteiger partial charge in [-0.25, -0.2) is 4.79 Å². The van der Waals surface area contributed by atoms with Gasteiger partial charge in [0, 0.05) is 5.92 Å². The van der Waals surface area contributed by atoms with Gasteiger partial charge in [0.05, 0.1) is 7.11 Å².